The molecule has 0 radical (unpaired) electrons. The smallest absolute Gasteiger partial charge is 0.143 e. The maximum atomic E-state index is 8.95. The van der Waals surface area contributed by atoms with E-state index < -0.39 is 0 Å². The first-order valence-corrected chi connectivity index (χ1v) is 6.23. The molecule has 0 aliphatic heterocycles. The van der Waals surface area contributed by atoms with Gasteiger partial charge >= 0.3 is 0 Å². The van der Waals surface area contributed by atoms with E-state index in [1.807, 2.05) is 13.8 Å². The van der Waals surface area contributed by atoms with E-state index in [9.17, 15) is 0 Å². The topological polar surface area (TPSA) is 74.7 Å². The number of aromatic nitrogens is 2. The first-order valence-electron chi connectivity index (χ1n) is 6.23. The lowest BCUT2D eigenvalue weighted by atomic mass is 10.1. The highest BCUT2D eigenvalue weighted by Crippen LogP contribution is 2.15. The van der Waals surface area contributed by atoms with Crippen molar-refractivity contribution in [2.24, 2.45) is 0 Å². The monoisotopic (exact) mass is 256 g/mol. The van der Waals surface area contributed by atoms with Gasteiger partial charge in [0, 0.05) is 18.3 Å². The van der Waals surface area contributed by atoms with E-state index in [4.69, 9.17) is 9.78 Å². The molecule has 5 nitrogen and oxygen atoms in total. The summed E-state index contributed by atoms with van der Waals surface area (Å²) in [4.78, 5) is 4.15. The van der Waals surface area contributed by atoms with Gasteiger partial charge in [0.2, 0.25) is 0 Å². The van der Waals surface area contributed by atoms with Crippen LogP contribution in [-0.2, 0) is 6.42 Å². The van der Waals surface area contributed by atoms with E-state index in [1.54, 1.807) is 18.3 Å². The van der Waals surface area contributed by atoms with Gasteiger partial charge in [0.15, 0.2) is 0 Å². The van der Waals surface area contributed by atoms with Gasteiger partial charge in [-0.25, -0.2) is 4.98 Å². The largest absolute Gasteiger partial charge is 0.369 e. The molecule has 0 aliphatic rings. The molecule has 0 aromatic carbocycles. The van der Waals surface area contributed by atoms with E-state index in [0.29, 0.717) is 11.4 Å². The second-order valence-electron chi connectivity index (χ2n) is 4.34. The molecule has 0 unspecified atom stereocenters. The van der Waals surface area contributed by atoms with Crippen LogP contribution in [0.4, 0.5) is 5.82 Å². The summed E-state index contributed by atoms with van der Waals surface area (Å²) in [6.07, 6.45) is 3.52. The molecule has 2 rings (SSSR count). The average molecular weight is 256 g/mol. The Morgan fingerprint density at radius 3 is 2.95 bits per heavy atom. The molecule has 0 amide bonds. The molecule has 0 saturated heterocycles. The first kappa shape index (κ1) is 13.1. The molecule has 0 bridgehead atoms. The number of pyridine rings is 1. The molecule has 0 atom stereocenters. The Morgan fingerprint density at radius 1 is 1.42 bits per heavy atom. The van der Waals surface area contributed by atoms with Gasteiger partial charge in [-0.1, -0.05) is 5.16 Å². The van der Waals surface area contributed by atoms with Gasteiger partial charge in [0.25, 0.3) is 0 Å². The number of hydrogen-bond donors (Lipinski definition) is 1. The van der Waals surface area contributed by atoms with Crippen molar-refractivity contribution in [2.45, 2.75) is 26.7 Å². The molecule has 2 heterocycles. The van der Waals surface area contributed by atoms with Crippen LogP contribution in [0.2, 0.25) is 0 Å². The summed E-state index contributed by atoms with van der Waals surface area (Å²) in [5, 5.41) is 16.1. The second kappa shape index (κ2) is 6.01. The maximum Gasteiger partial charge on any atom is 0.143 e. The van der Waals surface area contributed by atoms with Crippen LogP contribution in [0, 0.1) is 25.2 Å². The van der Waals surface area contributed by atoms with Gasteiger partial charge in [-0.05, 0) is 38.8 Å². The van der Waals surface area contributed by atoms with Crippen LogP contribution in [0.5, 0.6) is 0 Å². The third-order valence-electron chi connectivity index (χ3n) is 3.01. The zero-order chi connectivity index (χ0) is 13.7. The molecule has 0 saturated carbocycles. The molecule has 0 spiro atoms. The summed E-state index contributed by atoms with van der Waals surface area (Å²) in [7, 11) is 0. The summed E-state index contributed by atoms with van der Waals surface area (Å²) in [5.41, 5.74) is 2.69. The molecular weight excluding hydrogens is 240 g/mol. The highest BCUT2D eigenvalue weighted by Gasteiger charge is 2.08. The van der Waals surface area contributed by atoms with Gasteiger partial charge in [-0.15, -0.1) is 0 Å². The van der Waals surface area contributed by atoms with E-state index >= 15 is 0 Å². The van der Waals surface area contributed by atoms with Crippen LogP contribution in [-0.4, -0.2) is 16.7 Å². The fourth-order valence-electron chi connectivity index (χ4n) is 1.97. The Morgan fingerprint density at radius 2 is 2.26 bits per heavy atom. The SMILES string of the molecule is Cc1noc(C)c1CCCNc1ncccc1C#N. The van der Waals surface area contributed by atoms with Crippen molar-refractivity contribution in [1.29, 1.82) is 5.26 Å². The van der Waals surface area contributed by atoms with Gasteiger partial charge in [-0.2, -0.15) is 5.26 Å². The molecule has 5 heteroatoms. The van der Waals surface area contributed by atoms with E-state index in [2.05, 4.69) is 21.5 Å². The van der Waals surface area contributed by atoms with Gasteiger partial charge in [0.05, 0.1) is 11.3 Å². The van der Waals surface area contributed by atoms with Crippen molar-refractivity contribution in [1.82, 2.24) is 10.1 Å². The lowest BCUT2D eigenvalue weighted by molar-refractivity contribution is 0.392. The summed E-state index contributed by atoms with van der Waals surface area (Å²) in [6.45, 7) is 4.64. The third kappa shape index (κ3) is 3.10. The second-order valence-corrected chi connectivity index (χ2v) is 4.34. The van der Waals surface area contributed by atoms with Crippen LogP contribution < -0.4 is 5.32 Å². The lowest BCUT2D eigenvalue weighted by Crippen LogP contribution is -2.06. The zero-order valence-electron chi connectivity index (χ0n) is 11.1. The summed E-state index contributed by atoms with van der Waals surface area (Å²) in [6, 6.07) is 5.63. The van der Waals surface area contributed by atoms with Gasteiger partial charge in [-0.3, -0.25) is 0 Å². The minimum absolute atomic E-state index is 0.569. The number of nitrogens with zero attached hydrogens (tertiary/aromatic N) is 3. The molecule has 2 aromatic rings. The Balaban J connectivity index is 1.86. The maximum absolute atomic E-state index is 8.95. The Kier molecular flexibility index (Phi) is 4.14. The number of nitrogens with one attached hydrogen (secondary N) is 1. The fraction of sp³-hybridized carbons (Fsp3) is 0.357. The Bertz CT molecular complexity index is 578. The Hall–Kier alpha value is -2.35. The quantitative estimate of drug-likeness (QED) is 0.832. The number of aryl methyl sites for hydroxylation is 2. The van der Waals surface area contributed by atoms with Crippen LogP contribution in [0.3, 0.4) is 0 Å². The summed E-state index contributed by atoms with van der Waals surface area (Å²) >= 11 is 0. The van der Waals surface area contributed by atoms with Crippen molar-refractivity contribution in [3.63, 3.8) is 0 Å². The lowest BCUT2D eigenvalue weighted by Gasteiger charge is -2.06. The van der Waals surface area contributed by atoms with E-state index in [0.717, 1.165) is 30.8 Å². The van der Waals surface area contributed by atoms with Crippen molar-refractivity contribution >= 4 is 5.82 Å². The number of anilines is 1. The minimum Gasteiger partial charge on any atom is -0.369 e. The van der Waals surface area contributed by atoms with Crippen molar-refractivity contribution in [2.75, 3.05) is 11.9 Å². The highest BCUT2D eigenvalue weighted by molar-refractivity contribution is 5.51. The molecule has 0 aliphatic carbocycles. The van der Waals surface area contributed by atoms with E-state index in [-0.39, 0.29) is 0 Å². The van der Waals surface area contributed by atoms with Crippen molar-refractivity contribution in [3.05, 3.63) is 40.9 Å². The molecular formula is C14H16N4O. The van der Waals surface area contributed by atoms with Gasteiger partial charge < -0.3 is 9.84 Å². The number of hydrogen-bond acceptors (Lipinski definition) is 5. The predicted octanol–water partition coefficient (Wildman–Crippen LogP) is 2.60. The average Bonchev–Trinajstić information content (AvgIpc) is 2.75. The Labute approximate surface area is 112 Å². The van der Waals surface area contributed by atoms with Crippen LogP contribution >= 0.6 is 0 Å². The summed E-state index contributed by atoms with van der Waals surface area (Å²) < 4.78 is 5.12. The molecule has 2 aromatic heterocycles. The molecule has 1 N–H and O–H groups in total. The van der Waals surface area contributed by atoms with Crippen LogP contribution in [0.15, 0.2) is 22.9 Å². The molecule has 98 valence electrons. The zero-order valence-corrected chi connectivity index (χ0v) is 11.1. The normalized spacial score (nSPS) is 10.2. The fourth-order valence-corrected chi connectivity index (χ4v) is 1.97. The standard InChI is InChI=1S/C14H16N4O/c1-10-13(11(2)19-18-10)6-4-8-17-14-12(9-15)5-3-7-16-14/h3,5,7H,4,6,8H2,1-2H3,(H,16,17). The first-order chi connectivity index (χ1) is 9.22. The van der Waals surface area contributed by atoms with Crippen molar-refractivity contribution in [3.8, 4) is 6.07 Å². The highest BCUT2D eigenvalue weighted by atomic mass is 16.5. The van der Waals surface area contributed by atoms with Crippen LogP contribution in [0.25, 0.3) is 0 Å². The summed E-state index contributed by atoms with van der Waals surface area (Å²) in [5.74, 6) is 1.52. The molecule has 19 heavy (non-hydrogen) atoms. The minimum atomic E-state index is 0.569. The van der Waals surface area contributed by atoms with Crippen molar-refractivity contribution < 1.29 is 4.52 Å². The molecule has 0 fully saturated rings. The van der Waals surface area contributed by atoms with E-state index in [1.165, 1.54) is 5.56 Å². The number of rotatable bonds is 5. The predicted molar refractivity (Wildman–Crippen MR) is 71.7 cm³/mol. The number of nitriles is 1. The third-order valence-corrected chi connectivity index (χ3v) is 3.01. The van der Waals surface area contributed by atoms with Crippen LogP contribution in [0.1, 0.15) is 29.0 Å². The van der Waals surface area contributed by atoms with Gasteiger partial charge in [0.1, 0.15) is 17.6 Å².